The molecule has 3 aliphatic rings. The second-order valence-corrected chi connectivity index (χ2v) is 13.3. The van der Waals surface area contributed by atoms with E-state index in [1.54, 1.807) is 6.08 Å². The summed E-state index contributed by atoms with van der Waals surface area (Å²) in [4.78, 5) is 39.0. The number of rotatable bonds is 7. The summed E-state index contributed by atoms with van der Waals surface area (Å²) < 4.78 is 12.4. The summed E-state index contributed by atoms with van der Waals surface area (Å²) in [5.41, 5.74) is 8.65. The molecule has 3 N–H and O–H groups in total. The van der Waals surface area contributed by atoms with Crippen LogP contribution in [-0.2, 0) is 19.1 Å². The van der Waals surface area contributed by atoms with Crippen molar-refractivity contribution in [1.82, 2.24) is 5.43 Å². The molecule has 0 heterocycles. The molecule has 0 aliphatic heterocycles. The molecule has 8 nitrogen and oxygen atoms in total. The first kappa shape index (κ1) is 31.2. The van der Waals surface area contributed by atoms with E-state index >= 15 is 0 Å². The Hall–Kier alpha value is -2.38. The Balaban J connectivity index is 1.88. The molecule has 0 unspecified atom stereocenters. The fraction of sp³-hybridized carbons (Fsp3) is 0.806. The molecule has 220 valence electrons. The Morgan fingerprint density at radius 3 is 1.74 bits per heavy atom. The van der Waals surface area contributed by atoms with Crippen LogP contribution >= 0.6 is 0 Å². The van der Waals surface area contributed by atoms with Crippen LogP contribution in [0.2, 0.25) is 0 Å². The number of esters is 2. The van der Waals surface area contributed by atoms with E-state index in [0.717, 1.165) is 44.1 Å². The number of carbonyl (C=O) groups is 3. The van der Waals surface area contributed by atoms with E-state index in [1.807, 2.05) is 13.8 Å². The van der Waals surface area contributed by atoms with E-state index in [4.69, 9.17) is 15.2 Å². The number of ether oxygens (including phenoxy) is 2. The second kappa shape index (κ2) is 13.3. The van der Waals surface area contributed by atoms with E-state index in [-0.39, 0.29) is 24.1 Å². The summed E-state index contributed by atoms with van der Waals surface area (Å²) in [6.45, 7) is 16.8. The van der Waals surface area contributed by atoms with Crippen molar-refractivity contribution in [3.8, 4) is 0 Å². The molecule has 2 fully saturated rings. The normalized spacial score (nSPS) is 36.4. The van der Waals surface area contributed by atoms with Gasteiger partial charge in [0.05, 0.1) is 11.6 Å². The van der Waals surface area contributed by atoms with Crippen LogP contribution in [0, 0.1) is 53.3 Å². The lowest BCUT2D eigenvalue weighted by atomic mass is 9.71. The molecule has 0 spiro atoms. The minimum atomic E-state index is -0.825. The molecule has 39 heavy (non-hydrogen) atoms. The zero-order valence-corrected chi connectivity index (χ0v) is 25.2. The molecule has 0 saturated heterocycles. The van der Waals surface area contributed by atoms with E-state index in [0.29, 0.717) is 35.3 Å². The van der Waals surface area contributed by atoms with Crippen LogP contribution in [0.4, 0.5) is 4.79 Å². The van der Waals surface area contributed by atoms with Gasteiger partial charge in [0, 0.05) is 0 Å². The summed E-state index contributed by atoms with van der Waals surface area (Å²) in [6, 6.07) is -0.818. The summed E-state index contributed by atoms with van der Waals surface area (Å²) in [5, 5.41) is 4.17. The maximum atomic E-state index is 13.8. The summed E-state index contributed by atoms with van der Waals surface area (Å²) >= 11 is 0. The van der Waals surface area contributed by atoms with Crippen molar-refractivity contribution < 1.29 is 23.9 Å². The quantitative estimate of drug-likeness (QED) is 0.307. The first-order chi connectivity index (χ1) is 18.3. The Bertz CT molecular complexity index is 958. The van der Waals surface area contributed by atoms with Gasteiger partial charge in [-0.3, -0.25) is 9.59 Å². The topological polar surface area (TPSA) is 120 Å². The lowest BCUT2D eigenvalue weighted by molar-refractivity contribution is -0.165. The number of nitrogens with zero attached hydrogens (tertiary/aromatic N) is 1. The highest BCUT2D eigenvalue weighted by atomic mass is 16.5. The van der Waals surface area contributed by atoms with Gasteiger partial charge in [-0.25, -0.2) is 10.2 Å². The highest BCUT2D eigenvalue weighted by Gasteiger charge is 2.46. The van der Waals surface area contributed by atoms with Crippen molar-refractivity contribution in [2.45, 2.75) is 106 Å². The number of urea groups is 1. The van der Waals surface area contributed by atoms with Crippen molar-refractivity contribution in [2.75, 3.05) is 0 Å². The van der Waals surface area contributed by atoms with Crippen LogP contribution in [0.5, 0.6) is 0 Å². The lowest BCUT2D eigenvalue weighted by Gasteiger charge is -2.40. The third kappa shape index (κ3) is 7.63. The molecule has 0 aromatic heterocycles. The highest BCUT2D eigenvalue weighted by molar-refractivity contribution is 6.11. The van der Waals surface area contributed by atoms with Crippen LogP contribution in [0.1, 0.15) is 93.9 Å². The molecular weight excluding hydrogens is 494 g/mol. The standard InChI is InChI=1S/C31H51N3O5/c1-16(2)22-11-9-18(5)13-25(22)38-29(35)27-20(7)15-24(33-34-31(32)37)28(21(27)8)30(36)39-26-14-19(6)10-12-23(26)17(3)4/h15-19,21-23,25-28H,9-14H2,1-8H3,(H3,32,34,37)/b33-24+/t18-,19-,21+,22-,23-,25-,26-,27+,28+/m1/s1. The molecule has 3 rings (SSSR count). The molecule has 0 aromatic rings. The van der Waals surface area contributed by atoms with Crippen molar-refractivity contribution in [3.63, 3.8) is 0 Å². The van der Waals surface area contributed by atoms with Gasteiger partial charge < -0.3 is 15.2 Å². The largest absolute Gasteiger partial charge is 0.462 e. The molecular formula is C31H51N3O5. The zero-order chi connectivity index (χ0) is 29.0. The van der Waals surface area contributed by atoms with Crippen LogP contribution in [0.25, 0.3) is 0 Å². The number of hydrogen-bond donors (Lipinski definition) is 2. The molecule has 9 atom stereocenters. The first-order valence-electron chi connectivity index (χ1n) is 15.0. The predicted octanol–water partition coefficient (Wildman–Crippen LogP) is 5.85. The van der Waals surface area contributed by atoms with Crippen LogP contribution in [0.3, 0.4) is 0 Å². The van der Waals surface area contributed by atoms with E-state index in [1.165, 1.54) is 0 Å². The van der Waals surface area contributed by atoms with E-state index in [2.05, 4.69) is 52.1 Å². The summed E-state index contributed by atoms with van der Waals surface area (Å²) in [5.74, 6) is -0.198. The van der Waals surface area contributed by atoms with E-state index < -0.39 is 29.8 Å². The Labute approximate surface area is 234 Å². The number of primary amides is 1. The van der Waals surface area contributed by atoms with Crippen LogP contribution in [-0.4, -0.2) is 35.9 Å². The van der Waals surface area contributed by atoms with Crippen molar-refractivity contribution in [3.05, 3.63) is 11.6 Å². The van der Waals surface area contributed by atoms with Crippen molar-refractivity contribution >= 4 is 23.7 Å². The van der Waals surface area contributed by atoms with Gasteiger partial charge in [0.2, 0.25) is 0 Å². The second-order valence-electron chi connectivity index (χ2n) is 13.3. The summed E-state index contributed by atoms with van der Waals surface area (Å²) in [6.07, 6.45) is 7.40. The fourth-order valence-electron chi connectivity index (χ4n) is 7.19. The third-order valence-corrected chi connectivity index (χ3v) is 9.50. The minimum Gasteiger partial charge on any atom is -0.462 e. The monoisotopic (exact) mass is 545 g/mol. The number of nitrogens with two attached hydrogens (primary N) is 1. The van der Waals surface area contributed by atoms with Gasteiger partial charge in [-0.2, -0.15) is 5.10 Å². The van der Waals surface area contributed by atoms with Gasteiger partial charge in [0.1, 0.15) is 18.1 Å². The maximum Gasteiger partial charge on any atom is 0.332 e. The Morgan fingerprint density at radius 1 is 0.846 bits per heavy atom. The van der Waals surface area contributed by atoms with Gasteiger partial charge in [-0.1, -0.05) is 66.9 Å². The molecule has 3 aliphatic carbocycles. The SMILES string of the molecule is CC1=C/C(=N\NC(N)=O)[C@@H](C(=O)O[C@@H]2C[C@H](C)CC[C@@H]2C(C)C)[C@@H](C)[C@H]1C(=O)O[C@@H]1C[C@H](C)CC[C@@H]1C(C)C. The maximum absolute atomic E-state index is 13.8. The Kier molecular flexibility index (Phi) is 10.6. The van der Waals surface area contributed by atoms with Gasteiger partial charge in [-0.15, -0.1) is 0 Å². The average Bonchev–Trinajstić information content (AvgIpc) is 2.82. The molecule has 0 aromatic carbocycles. The number of carbonyl (C=O) groups excluding carboxylic acids is 3. The average molecular weight is 546 g/mol. The molecule has 2 saturated carbocycles. The van der Waals surface area contributed by atoms with Gasteiger partial charge in [-0.05, 0) is 80.1 Å². The van der Waals surface area contributed by atoms with Gasteiger partial charge in [0.25, 0.3) is 0 Å². The van der Waals surface area contributed by atoms with E-state index in [9.17, 15) is 14.4 Å². The number of nitrogens with one attached hydrogen (secondary N) is 1. The number of hydrazone groups is 1. The Morgan fingerprint density at radius 2 is 1.31 bits per heavy atom. The summed E-state index contributed by atoms with van der Waals surface area (Å²) in [7, 11) is 0. The molecule has 8 heteroatoms. The fourth-order valence-corrected chi connectivity index (χ4v) is 7.19. The van der Waals surface area contributed by atoms with Crippen molar-refractivity contribution in [2.24, 2.45) is 64.1 Å². The van der Waals surface area contributed by atoms with Gasteiger partial charge >= 0.3 is 18.0 Å². The molecule has 0 bridgehead atoms. The van der Waals surface area contributed by atoms with Crippen molar-refractivity contribution in [1.29, 1.82) is 0 Å². The predicted molar refractivity (Wildman–Crippen MR) is 153 cm³/mol. The zero-order valence-electron chi connectivity index (χ0n) is 25.2. The van der Waals surface area contributed by atoms with Crippen LogP contribution < -0.4 is 11.2 Å². The molecule has 2 amide bonds. The number of hydrogen-bond acceptors (Lipinski definition) is 6. The number of allylic oxidation sites excluding steroid dienone is 1. The number of amides is 2. The third-order valence-electron chi connectivity index (χ3n) is 9.50. The first-order valence-corrected chi connectivity index (χ1v) is 15.0. The van der Waals surface area contributed by atoms with Gasteiger partial charge in [0.15, 0.2) is 0 Å². The van der Waals surface area contributed by atoms with Crippen LogP contribution in [0.15, 0.2) is 16.8 Å². The minimum absolute atomic E-state index is 0.131. The smallest absolute Gasteiger partial charge is 0.332 e. The molecule has 0 radical (unpaired) electrons. The highest BCUT2D eigenvalue weighted by Crippen LogP contribution is 2.41. The lowest BCUT2D eigenvalue weighted by Crippen LogP contribution is -2.46.